The Bertz CT molecular complexity index is 233. The van der Waals surface area contributed by atoms with Crippen LogP contribution in [-0.2, 0) is 14.3 Å². The van der Waals surface area contributed by atoms with Gasteiger partial charge in [0.1, 0.15) is 0 Å². The summed E-state index contributed by atoms with van der Waals surface area (Å²) >= 11 is 0. The first-order chi connectivity index (χ1) is 8.72. The third-order valence-corrected chi connectivity index (χ3v) is 2.82. The fourth-order valence-corrected chi connectivity index (χ4v) is 1.88. The summed E-state index contributed by atoms with van der Waals surface area (Å²) in [5, 5.41) is 6.00. The lowest BCUT2D eigenvalue weighted by Gasteiger charge is -2.26. The molecule has 1 atom stereocenters. The number of nitrogens with zero attached hydrogens (tertiary/aromatic N) is 1. The first-order valence-electron chi connectivity index (χ1n) is 6.51. The summed E-state index contributed by atoms with van der Waals surface area (Å²) in [6.45, 7) is 8.21. The van der Waals surface area contributed by atoms with E-state index in [4.69, 9.17) is 9.47 Å². The van der Waals surface area contributed by atoms with E-state index >= 15 is 0 Å². The second-order valence-electron chi connectivity index (χ2n) is 4.55. The fourth-order valence-electron chi connectivity index (χ4n) is 1.88. The molecular weight excluding hydrogens is 234 g/mol. The van der Waals surface area contributed by atoms with Gasteiger partial charge in [-0.15, -0.1) is 0 Å². The Morgan fingerprint density at radius 1 is 1.44 bits per heavy atom. The topological polar surface area (TPSA) is 62.8 Å². The maximum absolute atomic E-state index is 11.5. The molecule has 106 valence electrons. The Hall–Kier alpha value is -0.690. The van der Waals surface area contributed by atoms with Gasteiger partial charge < -0.3 is 20.1 Å². The third kappa shape index (κ3) is 6.90. The molecule has 1 amide bonds. The van der Waals surface area contributed by atoms with Crippen LogP contribution in [0.25, 0.3) is 0 Å². The van der Waals surface area contributed by atoms with Gasteiger partial charge in [0.05, 0.1) is 26.4 Å². The van der Waals surface area contributed by atoms with Crippen molar-refractivity contribution in [2.24, 2.45) is 0 Å². The molecule has 1 aliphatic rings. The number of hydrogen-bond acceptors (Lipinski definition) is 5. The summed E-state index contributed by atoms with van der Waals surface area (Å²) in [5.74, 6) is 0.0153. The van der Waals surface area contributed by atoms with Gasteiger partial charge in [0, 0.05) is 39.3 Å². The van der Waals surface area contributed by atoms with Gasteiger partial charge in [-0.2, -0.15) is 0 Å². The maximum Gasteiger partial charge on any atom is 0.234 e. The number of amides is 1. The van der Waals surface area contributed by atoms with E-state index in [1.165, 1.54) is 0 Å². The Morgan fingerprint density at radius 3 is 2.83 bits per heavy atom. The van der Waals surface area contributed by atoms with E-state index in [2.05, 4.69) is 15.5 Å². The van der Waals surface area contributed by atoms with Crippen molar-refractivity contribution in [3.05, 3.63) is 0 Å². The standard InChI is InChI=1S/C12H25N3O3/c1-11(10-17-2)14-12(16)9-13-3-4-15-5-7-18-8-6-15/h11,13H,3-10H2,1-2H3,(H,14,16). The zero-order valence-electron chi connectivity index (χ0n) is 11.4. The van der Waals surface area contributed by atoms with Crippen LogP contribution >= 0.6 is 0 Å². The monoisotopic (exact) mass is 259 g/mol. The summed E-state index contributed by atoms with van der Waals surface area (Å²) in [6.07, 6.45) is 0. The number of hydrogen-bond donors (Lipinski definition) is 2. The lowest BCUT2D eigenvalue weighted by atomic mass is 10.3. The molecule has 0 aromatic carbocycles. The van der Waals surface area contributed by atoms with Gasteiger partial charge >= 0.3 is 0 Å². The van der Waals surface area contributed by atoms with Crippen molar-refractivity contribution in [2.75, 3.05) is 59.7 Å². The Labute approximate surface area is 109 Å². The molecule has 1 unspecified atom stereocenters. The van der Waals surface area contributed by atoms with Gasteiger partial charge in [-0.1, -0.05) is 0 Å². The summed E-state index contributed by atoms with van der Waals surface area (Å²) in [5.41, 5.74) is 0. The van der Waals surface area contributed by atoms with Crippen LogP contribution in [0.4, 0.5) is 0 Å². The molecule has 0 bridgehead atoms. The van der Waals surface area contributed by atoms with Gasteiger partial charge in [0.2, 0.25) is 5.91 Å². The lowest BCUT2D eigenvalue weighted by molar-refractivity contribution is -0.121. The van der Waals surface area contributed by atoms with Gasteiger partial charge in [-0.3, -0.25) is 9.69 Å². The van der Waals surface area contributed by atoms with E-state index in [0.29, 0.717) is 13.2 Å². The predicted octanol–water partition coefficient (Wildman–Crippen LogP) is -0.941. The molecule has 0 aromatic heterocycles. The molecule has 6 nitrogen and oxygen atoms in total. The summed E-state index contributed by atoms with van der Waals surface area (Å²) in [6, 6.07) is 0.0588. The SMILES string of the molecule is COCC(C)NC(=O)CNCCN1CCOCC1. The van der Waals surface area contributed by atoms with Crippen LogP contribution in [0.5, 0.6) is 0 Å². The molecule has 6 heteroatoms. The van der Waals surface area contributed by atoms with Crippen LogP contribution < -0.4 is 10.6 Å². The van der Waals surface area contributed by atoms with Crippen molar-refractivity contribution in [3.8, 4) is 0 Å². The first kappa shape index (κ1) is 15.4. The molecule has 0 aliphatic carbocycles. The number of carbonyl (C=O) groups excluding carboxylic acids is 1. The minimum absolute atomic E-state index is 0.0153. The molecule has 1 fully saturated rings. The lowest BCUT2D eigenvalue weighted by Crippen LogP contribution is -2.44. The van der Waals surface area contributed by atoms with Crippen LogP contribution in [0.3, 0.4) is 0 Å². The second-order valence-corrected chi connectivity index (χ2v) is 4.55. The first-order valence-corrected chi connectivity index (χ1v) is 6.51. The summed E-state index contributed by atoms with van der Waals surface area (Å²) in [4.78, 5) is 13.9. The van der Waals surface area contributed by atoms with E-state index in [9.17, 15) is 4.79 Å². The molecular formula is C12H25N3O3. The molecule has 1 heterocycles. The fraction of sp³-hybridized carbons (Fsp3) is 0.917. The molecule has 2 N–H and O–H groups in total. The average Bonchev–Trinajstić information content (AvgIpc) is 2.36. The minimum Gasteiger partial charge on any atom is -0.383 e. The van der Waals surface area contributed by atoms with Crippen LogP contribution in [-0.4, -0.2) is 76.5 Å². The van der Waals surface area contributed by atoms with E-state index in [1.807, 2.05) is 6.92 Å². The smallest absolute Gasteiger partial charge is 0.234 e. The van der Waals surface area contributed by atoms with E-state index in [-0.39, 0.29) is 11.9 Å². The maximum atomic E-state index is 11.5. The predicted molar refractivity (Wildman–Crippen MR) is 69.6 cm³/mol. The van der Waals surface area contributed by atoms with Crippen molar-refractivity contribution >= 4 is 5.91 Å². The number of rotatable bonds is 8. The summed E-state index contributed by atoms with van der Waals surface area (Å²) < 4.78 is 10.2. The third-order valence-electron chi connectivity index (χ3n) is 2.82. The van der Waals surface area contributed by atoms with Crippen molar-refractivity contribution in [1.29, 1.82) is 0 Å². The zero-order valence-corrected chi connectivity index (χ0v) is 11.4. The molecule has 18 heavy (non-hydrogen) atoms. The number of nitrogens with one attached hydrogen (secondary N) is 2. The van der Waals surface area contributed by atoms with Crippen LogP contribution in [0, 0.1) is 0 Å². The highest BCUT2D eigenvalue weighted by Gasteiger charge is 2.10. The zero-order chi connectivity index (χ0) is 13.2. The van der Waals surface area contributed by atoms with Crippen molar-refractivity contribution < 1.29 is 14.3 Å². The quantitative estimate of drug-likeness (QED) is 0.551. The molecule has 0 aromatic rings. The highest BCUT2D eigenvalue weighted by Crippen LogP contribution is 1.94. The van der Waals surface area contributed by atoms with E-state index in [0.717, 1.165) is 39.4 Å². The highest BCUT2D eigenvalue weighted by molar-refractivity contribution is 5.78. The van der Waals surface area contributed by atoms with Gasteiger partial charge in [0.25, 0.3) is 0 Å². The number of ether oxygens (including phenoxy) is 2. The Morgan fingerprint density at radius 2 is 2.17 bits per heavy atom. The average molecular weight is 259 g/mol. The van der Waals surface area contributed by atoms with Crippen LogP contribution in [0.2, 0.25) is 0 Å². The highest BCUT2D eigenvalue weighted by atomic mass is 16.5. The van der Waals surface area contributed by atoms with Crippen molar-refractivity contribution in [3.63, 3.8) is 0 Å². The van der Waals surface area contributed by atoms with E-state index < -0.39 is 0 Å². The molecule has 1 aliphatic heterocycles. The molecule has 1 saturated heterocycles. The van der Waals surface area contributed by atoms with Crippen LogP contribution in [0.1, 0.15) is 6.92 Å². The number of morpholine rings is 1. The number of methoxy groups -OCH3 is 1. The molecule has 0 radical (unpaired) electrons. The Kier molecular flexibility index (Phi) is 7.91. The second kappa shape index (κ2) is 9.27. The van der Waals surface area contributed by atoms with E-state index in [1.54, 1.807) is 7.11 Å². The number of carbonyl (C=O) groups is 1. The van der Waals surface area contributed by atoms with Crippen molar-refractivity contribution in [1.82, 2.24) is 15.5 Å². The van der Waals surface area contributed by atoms with Gasteiger partial charge in [-0.25, -0.2) is 0 Å². The largest absolute Gasteiger partial charge is 0.383 e. The molecule has 0 spiro atoms. The molecule has 1 rings (SSSR count). The normalized spacial score (nSPS) is 18.6. The Balaban J connectivity index is 1.97. The molecule has 0 saturated carbocycles. The van der Waals surface area contributed by atoms with Gasteiger partial charge in [0.15, 0.2) is 0 Å². The van der Waals surface area contributed by atoms with Gasteiger partial charge in [-0.05, 0) is 6.92 Å². The minimum atomic E-state index is 0.0153. The van der Waals surface area contributed by atoms with Crippen molar-refractivity contribution in [2.45, 2.75) is 13.0 Å². The summed E-state index contributed by atoms with van der Waals surface area (Å²) in [7, 11) is 1.63. The van der Waals surface area contributed by atoms with Crippen LogP contribution in [0.15, 0.2) is 0 Å².